The third-order valence-electron chi connectivity index (χ3n) is 6.76. The zero-order chi connectivity index (χ0) is 29.5. The Morgan fingerprint density at radius 1 is 1.24 bits per heavy atom. The summed E-state index contributed by atoms with van der Waals surface area (Å²) in [5.41, 5.74) is 1.25. The van der Waals surface area contributed by atoms with E-state index in [0.717, 1.165) is 0 Å². The molecule has 1 aromatic carbocycles. The number of oxazole rings is 1. The van der Waals surface area contributed by atoms with Crippen molar-refractivity contribution >= 4 is 17.7 Å². The molecule has 3 heterocycles. The number of aryl methyl sites for hydroxylation is 3. The van der Waals surface area contributed by atoms with Gasteiger partial charge in [0.2, 0.25) is 23.6 Å². The van der Waals surface area contributed by atoms with Crippen molar-refractivity contribution in [3.8, 4) is 23.0 Å². The van der Waals surface area contributed by atoms with Crippen molar-refractivity contribution in [3.63, 3.8) is 0 Å². The summed E-state index contributed by atoms with van der Waals surface area (Å²) in [5.74, 6) is 1.30. The molecule has 0 unspecified atom stereocenters. The average Bonchev–Trinajstić information content (AvgIpc) is 3.54. The van der Waals surface area contributed by atoms with Gasteiger partial charge in [-0.3, -0.25) is 14.4 Å². The summed E-state index contributed by atoms with van der Waals surface area (Å²) in [6.45, 7) is 7.88. The van der Waals surface area contributed by atoms with E-state index in [9.17, 15) is 14.4 Å². The lowest BCUT2D eigenvalue weighted by atomic mass is 10.0. The Balaban J connectivity index is 1.58. The zero-order valence-corrected chi connectivity index (χ0v) is 24.0. The molecule has 2 N–H and O–H groups in total. The van der Waals surface area contributed by atoms with Crippen molar-refractivity contribution in [1.82, 2.24) is 40.7 Å². The fourth-order valence-corrected chi connectivity index (χ4v) is 4.39. The number of hydrogen-bond donors (Lipinski definition) is 2. The van der Waals surface area contributed by atoms with Crippen LogP contribution in [0.5, 0.6) is 11.5 Å². The monoisotopic (exact) mass is 568 g/mol. The van der Waals surface area contributed by atoms with Gasteiger partial charge in [-0.1, -0.05) is 13.8 Å². The zero-order valence-electron chi connectivity index (χ0n) is 24.0. The number of carbonyl (C=O) groups is 3. The normalized spacial score (nSPS) is 16.8. The second-order valence-electron chi connectivity index (χ2n) is 10.1. The number of rotatable bonds is 5. The quantitative estimate of drug-likeness (QED) is 0.459. The first-order valence-corrected chi connectivity index (χ1v) is 13.5. The van der Waals surface area contributed by atoms with Crippen molar-refractivity contribution < 1.29 is 28.3 Å². The third-order valence-corrected chi connectivity index (χ3v) is 6.76. The van der Waals surface area contributed by atoms with Gasteiger partial charge in [-0.2, -0.15) is 0 Å². The summed E-state index contributed by atoms with van der Waals surface area (Å²) in [6.07, 6.45) is 0.535. The maximum Gasteiger partial charge on any atom is 0.243 e. The first-order valence-electron chi connectivity index (χ1n) is 13.5. The van der Waals surface area contributed by atoms with E-state index in [-0.39, 0.29) is 56.9 Å². The molecule has 0 spiro atoms. The van der Waals surface area contributed by atoms with Crippen LogP contribution in [0, 0.1) is 19.8 Å². The number of nitrogens with zero attached hydrogens (tertiary/aromatic N) is 6. The molecule has 0 radical (unpaired) electrons. The van der Waals surface area contributed by atoms with Crippen LogP contribution in [0.25, 0.3) is 11.5 Å². The lowest BCUT2D eigenvalue weighted by Crippen LogP contribution is -2.52. The molecule has 14 nitrogen and oxygen atoms in total. The Bertz CT molecular complexity index is 1380. The minimum Gasteiger partial charge on any atom is -0.493 e. The standard InChI is InChI=1S/C27H36N8O6/c1-16(2)25-26(38)28-14-20-17(3)41-27(29-20)19-7-8-21(39-5)22(13-19)40-12-6-10-34(15-23(36)30-25)24(37)9-11-35-18(4)31-32-33-35/h7-8,13,16,25H,6,9-12,14-15H2,1-5H3,(H,28,38)(H,30,36)/t25-/m0/s1. The topological polar surface area (TPSA) is 167 Å². The van der Waals surface area contributed by atoms with E-state index < -0.39 is 11.9 Å². The smallest absolute Gasteiger partial charge is 0.243 e. The number of ether oxygens (including phenoxy) is 2. The number of benzene rings is 1. The number of aromatic nitrogens is 5. The molecule has 3 amide bonds. The average molecular weight is 569 g/mol. The second kappa shape index (κ2) is 13.2. The Morgan fingerprint density at radius 2 is 2.05 bits per heavy atom. The predicted molar refractivity (Wildman–Crippen MR) is 146 cm³/mol. The summed E-state index contributed by atoms with van der Waals surface area (Å²) in [5, 5.41) is 17.0. The highest BCUT2D eigenvalue weighted by Crippen LogP contribution is 2.33. The maximum atomic E-state index is 13.2. The van der Waals surface area contributed by atoms with Crippen molar-refractivity contribution in [3.05, 3.63) is 35.5 Å². The number of carbonyl (C=O) groups excluding carboxylic acids is 3. The Morgan fingerprint density at radius 3 is 2.76 bits per heavy atom. The fraction of sp³-hybridized carbons (Fsp3) is 0.519. The molecule has 1 aliphatic heterocycles. The van der Waals surface area contributed by atoms with Crippen LogP contribution >= 0.6 is 0 Å². The molecule has 0 saturated carbocycles. The number of hydrogen-bond acceptors (Lipinski definition) is 10. The van der Waals surface area contributed by atoms with Gasteiger partial charge in [0.25, 0.3) is 0 Å². The summed E-state index contributed by atoms with van der Waals surface area (Å²) < 4.78 is 18.9. The Kier molecular flexibility index (Phi) is 9.53. The highest BCUT2D eigenvalue weighted by Gasteiger charge is 2.27. The molecule has 4 bridgehead atoms. The first kappa shape index (κ1) is 29.5. The molecule has 4 rings (SSSR count). The Labute approximate surface area is 237 Å². The molecular formula is C27H36N8O6. The molecular weight excluding hydrogens is 532 g/mol. The van der Waals surface area contributed by atoms with Crippen LogP contribution < -0.4 is 20.1 Å². The van der Waals surface area contributed by atoms with Gasteiger partial charge in [0.1, 0.15) is 23.3 Å². The highest BCUT2D eigenvalue weighted by atomic mass is 16.5. The molecule has 1 atom stereocenters. The summed E-state index contributed by atoms with van der Waals surface area (Å²) in [7, 11) is 1.55. The minimum atomic E-state index is -0.804. The summed E-state index contributed by atoms with van der Waals surface area (Å²) in [6, 6.07) is 4.55. The SMILES string of the molecule is COc1ccc2cc1OCCCN(C(=O)CCn1nnnc1C)CC(=O)N[C@@H](C(C)C)C(=O)NCc1nc-2oc1C. The van der Waals surface area contributed by atoms with Gasteiger partial charge in [-0.15, -0.1) is 5.10 Å². The molecule has 3 aromatic rings. The van der Waals surface area contributed by atoms with Crippen molar-refractivity contribution in [2.24, 2.45) is 5.92 Å². The van der Waals surface area contributed by atoms with Crippen molar-refractivity contribution in [2.45, 2.75) is 59.7 Å². The number of methoxy groups -OCH3 is 1. The number of fused-ring (bicyclic) bond motifs is 5. The molecule has 220 valence electrons. The minimum absolute atomic E-state index is 0.0978. The van der Waals surface area contributed by atoms with E-state index in [2.05, 4.69) is 31.1 Å². The molecule has 0 saturated heterocycles. The molecule has 14 heteroatoms. The van der Waals surface area contributed by atoms with Gasteiger partial charge in [-0.25, -0.2) is 9.67 Å². The lowest BCUT2D eigenvalue weighted by Gasteiger charge is -2.26. The second-order valence-corrected chi connectivity index (χ2v) is 10.1. The van der Waals surface area contributed by atoms with Crippen molar-refractivity contribution in [2.75, 3.05) is 26.8 Å². The van der Waals surface area contributed by atoms with Crippen LogP contribution in [0.3, 0.4) is 0 Å². The fourth-order valence-electron chi connectivity index (χ4n) is 4.39. The van der Waals surface area contributed by atoms with Crippen LogP contribution in [0.2, 0.25) is 0 Å². The van der Waals surface area contributed by atoms with Gasteiger partial charge in [0.05, 0.1) is 33.4 Å². The number of nitrogens with one attached hydrogen (secondary N) is 2. The van der Waals surface area contributed by atoms with E-state index in [0.29, 0.717) is 46.7 Å². The van der Waals surface area contributed by atoms with E-state index in [1.54, 1.807) is 33.1 Å². The molecule has 0 fully saturated rings. The largest absolute Gasteiger partial charge is 0.493 e. The third kappa shape index (κ3) is 7.38. The van der Waals surface area contributed by atoms with Gasteiger partial charge >= 0.3 is 0 Å². The van der Waals surface area contributed by atoms with E-state index in [1.807, 2.05) is 19.9 Å². The maximum absolute atomic E-state index is 13.2. The van der Waals surface area contributed by atoms with Gasteiger partial charge in [0, 0.05) is 18.5 Å². The molecule has 1 aliphatic rings. The van der Waals surface area contributed by atoms with Crippen LogP contribution in [-0.4, -0.2) is 80.7 Å². The summed E-state index contributed by atoms with van der Waals surface area (Å²) in [4.78, 5) is 45.4. The van der Waals surface area contributed by atoms with Gasteiger partial charge in [0.15, 0.2) is 11.5 Å². The molecule has 0 aliphatic carbocycles. The van der Waals surface area contributed by atoms with E-state index in [4.69, 9.17) is 13.9 Å². The van der Waals surface area contributed by atoms with Crippen molar-refractivity contribution in [1.29, 1.82) is 0 Å². The lowest BCUT2D eigenvalue weighted by molar-refractivity contribution is -0.137. The van der Waals surface area contributed by atoms with E-state index >= 15 is 0 Å². The first-order chi connectivity index (χ1) is 19.7. The van der Waals surface area contributed by atoms with Gasteiger partial charge < -0.3 is 29.4 Å². The predicted octanol–water partition coefficient (Wildman–Crippen LogP) is 1.41. The van der Waals surface area contributed by atoms with Crippen LogP contribution in [-0.2, 0) is 27.5 Å². The van der Waals surface area contributed by atoms with E-state index in [1.165, 1.54) is 9.58 Å². The molecule has 41 heavy (non-hydrogen) atoms. The molecule has 2 aromatic heterocycles. The number of tetrazole rings is 1. The van der Waals surface area contributed by atoms with Gasteiger partial charge in [-0.05, 0) is 54.8 Å². The number of amides is 3. The van der Waals surface area contributed by atoms with Crippen LogP contribution in [0.15, 0.2) is 22.6 Å². The Hall–Kier alpha value is -4.49. The highest BCUT2D eigenvalue weighted by molar-refractivity contribution is 5.90. The van der Waals surface area contributed by atoms with Crippen LogP contribution in [0.4, 0.5) is 0 Å². The summed E-state index contributed by atoms with van der Waals surface area (Å²) >= 11 is 0. The van der Waals surface area contributed by atoms with Crippen LogP contribution in [0.1, 0.15) is 44.0 Å².